The van der Waals surface area contributed by atoms with Crippen molar-refractivity contribution in [2.24, 2.45) is 5.73 Å². The molecule has 2 rings (SSSR count). The molecule has 0 aliphatic rings. The molecule has 1 unspecified atom stereocenters. The highest BCUT2D eigenvalue weighted by atomic mass is 32.2. The molecule has 0 spiro atoms. The number of nitrogens with two attached hydrogens (primary N) is 1. The Morgan fingerprint density at radius 2 is 1.90 bits per heavy atom. The predicted molar refractivity (Wildman–Crippen MR) is 86.3 cm³/mol. The lowest BCUT2D eigenvalue weighted by Crippen LogP contribution is -2.08. The molecule has 0 aliphatic heterocycles. The Bertz CT molecular complexity index is 581. The van der Waals surface area contributed by atoms with Crippen LogP contribution in [0, 0.1) is 6.92 Å². The first-order valence-corrected chi connectivity index (χ1v) is 7.72. The van der Waals surface area contributed by atoms with Gasteiger partial charge in [-0.1, -0.05) is 30.3 Å². The van der Waals surface area contributed by atoms with E-state index in [2.05, 4.69) is 37.3 Å². The molecule has 0 fully saturated rings. The summed E-state index contributed by atoms with van der Waals surface area (Å²) in [5, 5.41) is 0. The topological polar surface area (TPSA) is 35.2 Å². The van der Waals surface area contributed by atoms with Gasteiger partial charge in [-0.2, -0.15) is 0 Å². The first kappa shape index (κ1) is 14.9. The first-order chi connectivity index (χ1) is 9.63. The fourth-order valence-electron chi connectivity index (χ4n) is 2.20. The monoisotopic (exact) mass is 287 g/mol. The van der Waals surface area contributed by atoms with Gasteiger partial charge in [0.1, 0.15) is 5.75 Å². The number of benzene rings is 2. The standard InChI is InChI=1S/C17H21NOS/c1-12-7-4-5-8-14(12)11-20-16-10-6-9-15(19-3)17(16)13(2)18/h4-10,13H,11,18H2,1-3H3. The zero-order valence-corrected chi connectivity index (χ0v) is 13.0. The Balaban J connectivity index is 2.24. The SMILES string of the molecule is COc1cccc(SCc2ccccc2C)c1C(C)N. The third-order valence-corrected chi connectivity index (χ3v) is 4.47. The van der Waals surface area contributed by atoms with Crippen molar-refractivity contribution in [2.75, 3.05) is 7.11 Å². The van der Waals surface area contributed by atoms with Gasteiger partial charge in [0.2, 0.25) is 0 Å². The number of aryl methyl sites for hydroxylation is 1. The van der Waals surface area contributed by atoms with Gasteiger partial charge in [-0.25, -0.2) is 0 Å². The Kier molecular flexibility index (Phi) is 5.10. The van der Waals surface area contributed by atoms with Crippen molar-refractivity contribution in [3.05, 3.63) is 59.2 Å². The van der Waals surface area contributed by atoms with Crippen molar-refractivity contribution in [1.29, 1.82) is 0 Å². The number of rotatable bonds is 5. The molecular weight excluding hydrogens is 266 g/mol. The van der Waals surface area contributed by atoms with Crippen LogP contribution in [-0.2, 0) is 5.75 Å². The summed E-state index contributed by atoms with van der Waals surface area (Å²) in [7, 11) is 1.69. The van der Waals surface area contributed by atoms with Gasteiger partial charge in [0.15, 0.2) is 0 Å². The van der Waals surface area contributed by atoms with Crippen molar-refractivity contribution in [1.82, 2.24) is 0 Å². The van der Waals surface area contributed by atoms with Gasteiger partial charge in [0.25, 0.3) is 0 Å². The average Bonchev–Trinajstić information content (AvgIpc) is 2.45. The zero-order chi connectivity index (χ0) is 14.5. The van der Waals surface area contributed by atoms with E-state index in [0.717, 1.165) is 17.1 Å². The lowest BCUT2D eigenvalue weighted by atomic mass is 10.1. The van der Waals surface area contributed by atoms with E-state index in [1.165, 1.54) is 16.0 Å². The minimum atomic E-state index is -0.0366. The molecule has 0 saturated heterocycles. The van der Waals surface area contributed by atoms with Crippen LogP contribution < -0.4 is 10.5 Å². The average molecular weight is 287 g/mol. The molecule has 0 saturated carbocycles. The zero-order valence-electron chi connectivity index (χ0n) is 12.2. The van der Waals surface area contributed by atoms with Crippen molar-refractivity contribution >= 4 is 11.8 Å². The van der Waals surface area contributed by atoms with E-state index in [0.29, 0.717) is 0 Å². The van der Waals surface area contributed by atoms with Crippen LogP contribution in [0.25, 0.3) is 0 Å². The molecule has 0 aliphatic carbocycles. The van der Waals surface area contributed by atoms with E-state index in [-0.39, 0.29) is 6.04 Å². The van der Waals surface area contributed by atoms with Gasteiger partial charge >= 0.3 is 0 Å². The third kappa shape index (κ3) is 3.35. The fourth-order valence-corrected chi connectivity index (χ4v) is 3.46. The molecule has 1 atom stereocenters. The smallest absolute Gasteiger partial charge is 0.124 e. The maximum Gasteiger partial charge on any atom is 0.124 e. The van der Waals surface area contributed by atoms with Crippen LogP contribution in [0.5, 0.6) is 5.75 Å². The molecule has 106 valence electrons. The summed E-state index contributed by atoms with van der Waals surface area (Å²) >= 11 is 1.81. The van der Waals surface area contributed by atoms with Crippen LogP contribution in [0.2, 0.25) is 0 Å². The number of hydrogen-bond donors (Lipinski definition) is 1. The van der Waals surface area contributed by atoms with Crippen LogP contribution in [0.4, 0.5) is 0 Å². The van der Waals surface area contributed by atoms with Crippen molar-refractivity contribution < 1.29 is 4.74 Å². The van der Waals surface area contributed by atoms with Gasteiger partial charge in [-0.15, -0.1) is 11.8 Å². The van der Waals surface area contributed by atoms with Gasteiger partial charge in [-0.3, -0.25) is 0 Å². The second-order valence-electron chi connectivity index (χ2n) is 4.88. The van der Waals surface area contributed by atoms with E-state index in [1.807, 2.05) is 30.8 Å². The lowest BCUT2D eigenvalue weighted by Gasteiger charge is -2.16. The molecule has 20 heavy (non-hydrogen) atoms. The molecule has 2 nitrogen and oxygen atoms in total. The highest BCUT2D eigenvalue weighted by Crippen LogP contribution is 2.35. The molecular formula is C17H21NOS. The minimum absolute atomic E-state index is 0.0366. The molecule has 2 N–H and O–H groups in total. The molecule has 0 bridgehead atoms. The Morgan fingerprint density at radius 3 is 2.55 bits per heavy atom. The Hall–Kier alpha value is -1.45. The lowest BCUT2D eigenvalue weighted by molar-refractivity contribution is 0.405. The quantitative estimate of drug-likeness (QED) is 0.832. The van der Waals surface area contributed by atoms with E-state index in [9.17, 15) is 0 Å². The summed E-state index contributed by atoms with van der Waals surface area (Å²) in [6, 6.07) is 14.5. The third-order valence-electron chi connectivity index (χ3n) is 3.35. The fraction of sp³-hybridized carbons (Fsp3) is 0.294. The van der Waals surface area contributed by atoms with Crippen LogP contribution in [0.3, 0.4) is 0 Å². The van der Waals surface area contributed by atoms with E-state index in [1.54, 1.807) is 7.11 Å². The Morgan fingerprint density at radius 1 is 1.15 bits per heavy atom. The number of hydrogen-bond acceptors (Lipinski definition) is 3. The van der Waals surface area contributed by atoms with Gasteiger partial charge in [-0.05, 0) is 37.1 Å². The largest absolute Gasteiger partial charge is 0.496 e. The van der Waals surface area contributed by atoms with Gasteiger partial charge in [0.05, 0.1) is 7.11 Å². The summed E-state index contributed by atoms with van der Waals surface area (Å²) in [5.41, 5.74) is 9.87. The van der Waals surface area contributed by atoms with Gasteiger partial charge in [0, 0.05) is 22.3 Å². The minimum Gasteiger partial charge on any atom is -0.496 e. The molecule has 0 heterocycles. The maximum atomic E-state index is 6.10. The summed E-state index contributed by atoms with van der Waals surface area (Å²) in [6.45, 7) is 4.14. The summed E-state index contributed by atoms with van der Waals surface area (Å²) in [6.07, 6.45) is 0. The number of methoxy groups -OCH3 is 1. The maximum absolute atomic E-state index is 6.10. The van der Waals surface area contributed by atoms with Crippen LogP contribution in [-0.4, -0.2) is 7.11 Å². The molecule has 0 amide bonds. The summed E-state index contributed by atoms with van der Waals surface area (Å²) in [5.74, 6) is 1.81. The summed E-state index contributed by atoms with van der Waals surface area (Å²) in [4.78, 5) is 1.20. The van der Waals surface area contributed by atoms with Crippen LogP contribution in [0.1, 0.15) is 29.7 Å². The highest BCUT2D eigenvalue weighted by molar-refractivity contribution is 7.98. The summed E-state index contributed by atoms with van der Waals surface area (Å²) < 4.78 is 5.43. The van der Waals surface area contributed by atoms with Gasteiger partial charge < -0.3 is 10.5 Å². The predicted octanol–water partition coefficient (Wildman–Crippen LogP) is 4.32. The van der Waals surface area contributed by atoms with E-state index < -0.39 is 0 Å². The van der Waals surface area contributed by atoms with Crippen LogP contribution in [0.15, 0.2) is 47.4 Å². The molecule has 0 radical (unpaired) electrons. The molecule has 3 heteroatoms. The normalized spacial score (nSPS) is 12.2. The molecule has 0 aromatic heterocycles. The van der Waals surface area contributed by atoms with Crippen LogP contribution >= 0.6 is 11.8 Å². The van der Waals surface area contributed by atoms with Crippen molar-refractivity contribution in [2.45, 2.75) is 30.5 Å². The van der Waals surface area contributed by atoms with Crippen molar-refractivity contribution in [3.8, 4) is 5.75 Å². The number of ether oxygens (including phenoxy) is 1. The van der Waals surface area contributed by atoms with Crippen molar-refractivity contribution in [3.63, 3.8) is 0 Å². The van der Waals surface area contributed by atoms with E-state index >= 15 is 0 Å². The molecule has 2 aromatic rings. The highest BCUT2D eigenvalue weighted by Gasteiger charge is 2.13. The van der Waals surface area contributed by atoms with E-state index in [4.69, 9.17) is 10.5 Å². The second-order valence-corrected chi connectivity index (χ2v) is 5.89. The molecule has 2 aromatic carbocycles. The second kappa shape index (κ2) is 6.82. The number of thioether (sulfide) groups is 1. The first-order valence-electron chi connectivity index (χ1n) is 6.73. The Labute approximate surface area is 125 Å².